The normalized spacial score (nSPS) is 10.7. The Hall–Kier alpha value is -2.65. The molecule has 0 aliphatic carbocycles. The molecule has 1 aromatic heterocycles. The summed E-state index contributed by atoms with van der Waals surface area (Å²) in [7, 11) is 0. The van der Waals surface area contributed by atoms with Crippen LogP contribution in [0, 0.1) is 6.92 Å². The zero-order valence-electron chi connectivity index (χ0n) is 17.4. The van der Waals surface area contributed by atoms with E-state index in [-0.39, 0.29) is 24.1 Å². The van der Waals surface area contributed by atoms with Crippen molar-refractivity contribution >= 4 is 45.2 Å². The van der Waals surface area contributed by atoms with Gasteiger partial charge in [-0.2, -0.15) is 0 Å². The van der Waals surface area contributed by atoms with Crippen molar-refractivity contribution < 1.29 is 9.59 Å². The second kappa shape index (κ2) is 11.1. The van der Waals surface area contributed by atoms with E-state index in [0.717, 1.165) is 21.3 Å². The van der Waals surface area contributed by atoms with Crippen LogP contribution in [0.5, 0.6) is 0 Å². The Bertz CT molecular complexity index is 1060. The first-order valence-corrected chi connectivity index (χ1v) is 11.7. The van der Waals surface area contributed by atoms with Crippen molar-refractivity contribution in [2.75, 3.05) is 11.1 Å². The maximum Gasteiger partial charge on any atom is 0.234 e. The number of amides is 2. The first-order chi connectivity index (χ1) is 15.0. The molecule has 0 atom stereocenters. The van der Waals surface area contributed by atoms with E-state index in [9.17, 15) is 9.59 Å². The zero-order chi connectivity index (χ0) is 22.2. The summed E-state index contributed by atoms with van der Waals surface area (Å²) in [5, 5.41) is 14.8. The second-order valence-electron chi connectivity index (χ2n) is 6.88. The predicted molar refractivity (Wildman–Crippen MR) is 126 cm³/mol. The van der Waals surface area contributed by atoms with Crippen LogP contribution in [0.2, 0.25) is 0 Å². The number of aryl methyl sites for hydroxylation is 1. The minimum absolute atomic E-state index is 0.0739. The fraction of sp³-hybridized carbons (Fsp3) is 0.273. The van der Waals surface area contributed by atoms with Gasteiger partial charge in [0.1, 0.15) is 0 Å². The highest BCUT2D eigenvalue weighted by atomic mass is 79.9. The summed E-state index contributed by atoms with van der Waals surface area (Å²) >= 11 is 4.77. The summed E-state index contributed by atoms with van der Waals surface area (Å²) in [6, 6.07) is 15.3. The van der Waals surface area contributed by atoms with Crippen LogP contribution in [0.1, 0.15) is 23.9 Å². The maximum absolute atomic E-state index is 12.3. The third-order valence-corrected chi connectivity index (χ3v) is 6.39. The summed E-state index contributed by atoms with van der Waals surface area (Å²) in [4.78, 5) is 24.5. The molecule has 0 saturated carbocycles. The Morgan fingerprint density at radius 3 is 2.58 bits per heavy atom. The topological polar surface area (TPSA) is 88.9 Å². The molecule has 7 nitrogen and oxygen atoms in total. The molecule has 0 spiro atoms. The summed E-state index contributed by atoms with van der Waals surface area (Å²) in [6.45, 7) is 4.88. The number of hydrogen-bond acceptors (Lipinski definition) is 5. The number of aromatic nitrogens is 3. The highest BCUT2D eigenvalue weighted by molar-refractivity contribution is 9.10. The highest BCUT2D eigenvalue weighted by Gasteiger charge is 2.14. The van der Waals surface area contributed by atoms with Gasteiger partial charge in [-0.05, 0) is 43.2 Å². The number of rotatable bonds is 9. The Morgan fingerprint density at radius 1 is 1.10 bits per heavy atom. The third-order valence-electron chi connectivity index (χ3n) is 4.53. The Balaban J connectivity index is 1.52. The van der Waals surface area contributed by atoms with E-state index in [0.29, 0.717) is 23.9 Å². The average molecular weight is 502 g/mol. The first kappa shape index (κ1) is 23.0. The lowest BCUT2D eigenvalue weighted by Gasteiger charge is -2.09. The predicted octanol–water partition coefficient (Wildman–Crippen LogP) is 3.96. The van der Waals surface area contributed by atoms with Gasteiger partial charge in [-0.15, -0.1) is 10.2 Å². The largest absolute Gasteiger partial charge is 0.349 e. The minimum atomic E-state index is -0.116. The molecule has 0 aliphatic heterocycles. The molecule has 0 bridgehead atoms. The molecule has 1 heterocycles. The number of nitrogens with one attached hydrogen (secondary N) is 2. The lowest BCUT2D eigenvalue weighted by molar-refractivity contribution is -0.120. The fourth-order valence-electron chi connectivity index (χ4n) is 2.95. The molecule has 2 aromatic carbocycles. The summed E-state index contributed by atoms with van der Waals surface area (Å²) < 4.78 is 2.91. The maximum atomic E-state index is 12.3. The summed E-state index contributed by atoms with van der Waals surface area (Å²) in [5.74, 6) is 0.689. The summed E-state index contributed by atoms with van der Waals surface area (Å²) in [5.41, 5.74) is 2.76. The van der Waals surface area contributed by atoms with E-state index in [1.165, 1.54) is 11.8 Å². The molecule has 3 rings (SSSR count). The number of carbonyl (C=O) groups is 2. The van der Waals surface area contributed by atoms with E-state index in [2.05, 4.69) is 36.8 Å². The highest BCUT2D eigenvalue weighted by Crippen LogP contribution is 2.21. The fourth-order valence-corrected chi connectivity index (χ4v) is 4.01. The molecule has 2 N–H and O–H groups in total. The van der Waals surface area contributed by atoms with E-state index >= 15 is 0 Å². The van der Waals surface area contributed by atoms with Crippen LogP contribution in [0.25, 0.3) is 0 Å². The number of halogens is 1. The van der Waals surface area contributed by atoms with Gasteiger partial charge in [-0.25, -0.2) is 0 Å². The van der Waals surface area contributed by atoms with E-state index in [4.69, 9.17) is 0 Å². The second-order valence-corrected chi connectivity index (χ2v) is 8.68. The number of carbonyl (C=O) groups excluding carboxylic acids is 2. The van der Waals surface area contributed by atoms with E-state index < -0.39 is 0 Å². The van der Waals surface area contributed by atoms with Crippen molar-refractivity contribution in [1.82, 2.24) is 20.1 Å². The van der Waals surface area contributed by atoms with Gasteiger partial charge in [0.25, 0.3) is 0 Å². The number of hydrogen-bond donors (Lipinski definition) is 2. The van der Waals surface area contributed by atoms with Crippen LogP contribution in [-0.4, -0.2) is 32.3 Å². The van der Waals surface area contributed by atoms with Gasteiger partial charge >= 0.3 is 0 Å². The minimum Gasteiger partial charge on any atom is -0.349 e. The Morgan fingerprint density at radius 2 is 1.87 bits per heavy atom. The quantitative estimate of drug-likeness (QED) is 0.433. The Kier molecular flexibility index (Phi) is 8.25. The smallest absolute Gasteiger partial charge is 0.234 e. The molecule has 0 saturated heterocycles. The van der Waals surface area contributed by atoms with Crippen LogP contribution in [0.15, 0.2) is 58.2 Å². The SMILES string of the molecule is CCn1c(CNC(=O)Cc2ccccc2)nnc1SCC(=O)Nc1ccc(Br)c(C)c1. The van der Waals surface area contributed by atoms with Gasteiger partial charge < -0.3 is 15.2 Å². The molecule has 0 aliphatic rings. The monoisotopic (exact) mass is 501 g/mol. The lowest BCUT2D eigenvalue weighted by atomic mass is 10.1. The van der Waals surface area contributed by atoms with Crippen molar-refractivity contribution in [2.45, 2.75) is 38.5 Å². The van der Waals surface area contributed by atoms with Crippen LogP contribution in [0.3, 0.4) is 0 Å². The van der Waals surface area contributed by atoms with Crippen molar-refractivity contribution in [3.63, 3.8) is 0 Å². The molecule has 3 aromatic rings. The van der Waals surface area contributed by atoms with Crippen LogP contribution in [0.4, 0.5) is 5.69 Å². The molecule has 0 radical (unpaired) electrons. The van der Waals surface area contributed by atoms with Crippen molar-refractivity contribution in [3.8, 4) is 0 Å². The molecule has 9 heteroatoms. The van der Waals surface area contributed by atoms with Crippen molar-refractivity contribution in [3.05, 3.63) is 70.0 Å². The zero-order valence-corrected chi connectivity index (χ0v) is 19.8. The van der Waals surface area contributed by atoms with Gasteiger partial charge in [-0.1, -0.05) is 58.0 Å². The third kappa shape index (κ3) is 6.67. The molecule has 2 amide bonds. The molecular weight excluding hydrogens is 478 g/mol. The van der Waals surface area contributed by atoms with Crippen LogP contribution >= 0.6 is 27.7 Å². The molecular formula is C22H24BrN5O2S. The lowest BCUT2D eigenvalue weighted by Crippen LogP contribution is -2.26. The van der Waals surface area contributed by atoms with Gasteiger partial charge in [-0.3, -0.25) is 9.59 Å². The van der Waals surface area contributed by atoms with E-state index in [1.807, 2.05) is 66.9 Å². The average Bonchev–Trinajstić information content (AvgIpc) is 3.16. The van der Waals surface area contributed by atoms with Crippen molar-refractivity contribution in [1.29, 1.82) is 0 Å². The standard InChI is InChI=1S/C22H24BrN5O2S/c1-3-28-19(13-24-20(29)12-16-7-5-4-6-8-16)26-27-22(28)31-14-21(30)25-17-9-10-18(23)15(2)11-17/h4-11H,3,12-14H2,1-2H3,(H,24,29)(H,25,30). The van der Waals surface area contributed by atoms with Gasteiger partial charge in [0, 0.05) is 16.7 Å². The first-order valence-electron chi connectivity index (χ1n) is 9.87. The molecule has 31 heavy (non-hydrogen) atoms. The number of anilines is 1. The van der Waals surface area contributed by atoms with Gasteiger partial charge in [0.05, 0.1) is 18.7 Å². The molecule has 0 unspecified atom stereocenters. The van der Waals surface area contributed by atoms with Crippen LogP contribution in [-0.2, 0) is 29.1 Å². The van der Waals surface area contributed by atoms with Gasteiger partial charge in [0.2, 0.25) is 11.8 Å². The van der Waals surface area contributed by atoms with Crippen LogP contribution < -0.4 is 10.6 Å². The number of benzene rings is 2. The Labute approximate surface area is 194 Å². The van der Waals surface area contributed by atoms with Gasteiger partial charge in [0.15, 0.2) is 11.0 Å². The molecule has 162 valence electrons. The molecule has 0 fully saturated rings. The number of nitrogens with zero attached hydrogens (tertiary/aromatic N) is 3. The van der Waals surface area contributed by atoms with Crippen molar-refractivity contribution in [2.24, 2.45) is 0 Å². The number of thioether (sulfide) groups is 1. The summed E-state index contributed by atoms with van der Waals surface area (Å²) in [6.07, 6.45) is 0.318. The van der Waals surface area contributed by atoms with E-state index in [1.54, 1.807) is 0 Å².